The minimum atomic E-state index is 0. The molecule has 1 aliphatic heterocycles. The van der Waals surface area contributed by atoms with Crippen LogP contribution in [0.1, 0.15) is 22.9 Å². The van der Waals surface area contributed by atoms with Gasteiger partial charge in [0.2, 0.25) is 0 Å². The number of hydrogen-bond donors (Lipinski definition) is 3. The van der Waals surface area contributed by atoms with E-state index >= 15 is 0 Å². The maximum Gasteiger partial charge on any atom is 0.191 e. The molecule has 6 nitrogen and oxygen atoms in total. The number of aromatic amines is 1. The number of para-hydroxylation sites is 1. The highest BCUT2D eigenvalue weighted by Crippen LogP contribution is 2.25. The summed E-state index contributed by atoms with van der Waals surface area (Å²) in [5.74, 6) is 0.865. The van der Waals surface area contributed by atoms with Gasteiger partial charge in [0.1, 0.15) is 0 Å². The van der Waals surface area contributed by atoms with Gasteiger partial charge in [0.25, 0.3) is 0 Å². The van der Waals surface area contributed by atoms with Gasteiger partial charge >= 0.3 is 0 Å². The number of nitrogens with zero attached hydrogens (tertiary/aromatic N) is 2. The average Bonchev–Trinajstić information content (AvgIpc) is 3.47. The van der Waals surface area contributed by atoms with Gasteiger partial charge in [0, 0.05) is 55.2 Å². The number of aryl methyl sites for hydroxylation is 1. The number of nitrogens with one attached hydrogen (secondary N) is 3. The Hall–Kier alpha value is -1.62. The zero-order chi connectivity index (χ0) is 20.6. The molecule has 1 fully saturated rings. The maximum atomic E-state index is 5.54. The second kappa shape index (κ2) is 12.4. The van der Waals surface area contributed by atoms with Gasteiger partial charge in [-0.2, -0.15) is 0 Å². The van der Waals surface area contributed by atoms with Crippen LogP contribution in [0.25, 0.3) is 10.9 Å². The van der Waals surface area contributed by atoms with E-state index in [1.165, 1.54) is 21.3 Å². The summed E-state index contributed by atoms with van der Waals surface area (Å²) < 4.78 is 5.54. The molecule has 1 unspecified atom stereocenters. The van der Waals surface area contributed by atoms with Crippen molar-refractivity contribution in [1.82, 2.24) is 20.5 Å². The van der Waals surface area contributed by atoms with E-state index in [1.807, 2.05) is 18.4 Å². The number of benzene rings is 1. The Morgan fingerprint density at radius 3 is 2.81 bits per heavy atom. The zero-order valence-electron chi connectivity index (χ0n) is 18.0. The number of aromatic nitrogens is 1. The summed E-state index contributed by atoms with van der Waals surface area (Å²) in [6, 6.07) is 13.2. The predicted octanol–water partition coefficient (Wildman–Crippen LogP) is 4.02. The van der Waals surface area contributed by atoms with E-state index in [1.54, 1.807) is 0 Å². The highest BCUT2D eigenvalue weighted by Gasteiger charge is 2.23. The molecule has 1 aromatic carbocycles. The Kier molecular flexibility index (Phi) is 9.63. The molecule has 3 heterocycles. The molecular weight excluding hydrogens is 521 g/mol. The van der Waals surface area contributed by atoms with E-state index in [0.29, 0.717) is 6.04 Å². The van der Waals surface area contributed by atoms with E-state index in [0.717, 1.165) is 58.2 Å². The summed E-state index contributed by atoms with van der Waals surface area (Å²) in [5, 5.41) is 10.5. The Bertz CT molecular complexity index is 937. The van der Waals surface area contributed by atoms with Crippen LogP contribution in [0.5, 0.6) is 0 Å². The molecule has 1 saturated heterocycles. The SMILES string of the molecule is CN=C(NCCCc1c[nH]c2ccccc12)NCC(c1cccs1)N1CCOCC1.I. The van der Waals surface area contributed by atoms with Crippen molar-refractivity contribution < 1.29 is 4.74 Å². The molecule has 31 heavy (non-hydrogen) atoms. The minimum Gasteiger partial charge on any atom is -0.379 e. The Morgan fingerprint density at radius 2 is 2.03 bits per heavy atom. The first-order chi connectivity index (χ1) is 14.8. The summed E-state index contributed by atoms with van der Waals surface area (Å²) in [6.45, 7) is 5.29. The number of fused-ring (bicyclic) bond motifs is 1. The van der Waals surface area contributed by atoms with Gasteiger partial charge in [-0.1, -0.05) is 24.3 Å². The van der Waals surface area contributed by atoms with Crippen molar-refractivity contribution in [2.75, 3.05) is 46.4 Å². The van der Waals surface area contributed by atoms with Crippen LogP contribution in [0.2, 0.25) is 0 Å². The van der Waals surface area contributed by atoms with Crippen molar-refractivity contribution in [3.8, 4) is 0 Å². The highest BCUT2D eigenvalue weighted by molar-refractivity contribution is 14.0. The van der Waals surface area contributed by atoms with Crippen molar-refractivity contribution in [2.45, 2.75) is 18.9 Å². The zero-order valence-corrected chi connectivity index (χ0v) is 21.1. The van der Waals surface area contributed by atoms with Crippen molar-refractivity contribution in [3.63, 3.8) is 0 Å². The molecule has 0 aliphatic carbocycles. The third kappa shape index (κ3) is 6.44. The van der Waals surface area contributed by atoms with Crippen LogP contribution < -0.4 is 10.6 Å². The lowest BCUT2D eigenvalue weighted by Crippen LogP contribution is -2.46. The Labute approximate surface area is 205 Å². The molecule has 0 saturated carbocycles. The fourth-order valence-corrected chi connectivity index (χ4v) is 4.88. The van der Waals surface area contributed by atoms with Crippen LogP contribution in [-0.4, -0.2) is 62.3 Å². The number of H-pyrrole nitrogens is 1. The Morgan fingerprint density at radius 1 is 1.19 bits per heavy atom. The number of guanidine groups is 1. The van der Waals surface area contributed by atoms with Crippen LogP contribution in [-0.2, 0) is 11.2 Å². The summed E-state index contributed by atoms with van der Waals surface area (Å²) in [7, 11) is 1.84. The largest absolute Gasteiger partial charge is 0.379 e. The van der Waals surface area contributed by atoms with Crippen LogP contribution in [0.4, 0.5) is 0 Å². The van der Waals surface area contributed by atoms with Crippen molar-refractivity contribution in [1.29, 1.82) is 0 Å². The summed E-state index contributed by atoms with van der Waals surface area (Å²) in [4.78, 5) is 11.7. The molecule has 3 N–H and O–H groups in total. The van der Waals surface area contributed by atoms with Crippen molar-refractivity contribution in [3.05, 3.63) is 58.4 Å². The lowest BCUT2D eigenvalue weighted by Gasteiger charge is -2.34. The second-order valence-corrected chi connectivity index (χ2v) is 8.50. The first kappa shape index (κ1) is 24.0. The quantitative estimate of drug-likeness (QED) is 0.171. The number of ether oxygens (including phenoxy) is 1. The molecule has 0 amide bonds. The summed E-state index contributed by atoms with van der Waals surface area (Å²) in [6.07, 6.45) is 4.23. The van der Waals surface area contributed by atoms with Crippen molar-refractivity contribution in [2.24, 2.45) is 4.99 Å². The fourth-order valence-electron chi connectivity index (χ4n) is 4.02. The van der Waals surface area contributed by atoms with Crippen LogP contribution in [0.15, 0.2) is 53.0 Å². The molecule has 4 rings (SSSR count). The normalized spacial score (nSPS) is 16.1. The molecule has 1 atom stereocenters. The molecule has 0 bridgehead atoms. The minimum absolute atomic E-state index is 0. The molecule has 3 aromatic rings. The van der Waals surface area contributed by atoms with E-state index in [9.17, 15) is 0 Å². The first-order valence-corrected chi connectivity index (χ1v) is 11.6. The predicted molar refractivity (Wildman–Crippen MR) is 141 cm³/mol. The van der Waals surface area contributed by atoms with Gasteiger partial charge in [0.15, 0.2) is 5.96 Å². The lowest BCUT2D eigenvalue weighted by atomic mass is 10.1. The number of thiophene rings is 1. The Balaban J connectivity index is 0.00000272. The number of hydrogen-bond acceptors (Lipinski definition) is 4. The maximum absolute atomic E-state index is 5.54. The first-order valence-electron chi connectivity index (χ1n) is 10.7. The summed E-state index contributed by atoms with van der Waals surface area (Å²) >= 11 is 1.82. The van der Waals surface area contributed by atoms with Gasteiger partial charge in [-0.25, -0.2) is 0 Å². The molecular formula is C23H32IN5OS. The number of rotatable bonds is 8. The topological polar surface area (TPSA) is 64.7 Å². The van der Waals surface area contributed by atoms with Gasteiger partial charge in [-0.15, -0.1) is 35.3 Å². The molecule has 2 aromatic heterocycles. The van der Waals surface area contributed by atoms with E-state index in [-0.39, 0.29) is 24.0 Å². The molecule has 0 radical (unpaired) electrons. The van der Waals surface area contributed by atoms with Crippen LogP contribution in [0.3, 0.4) is 0 Å². The molecule has 8 heteroatoms. The van der Waals surface area contributed by atoms with Gasteiger partial charge < -0.3 is 20.4 Å². The fraction of sp³-hybridized carbons (Fsp3) is 0.435. The number of morpholine rings is 1. The lowest BCUT2D eigenvalue weighted by molar-refractivity contribution is 0.0177. The molecule has 168 valence electrons. The van der Waals surface area contributed by atoms with Crippen LogP contribution >= 0.6 is 35.3 Å². The average molecular weight is 554 g/mol. The standard InChI is InChI=1S/C23H31N5OS.HI/c1-24-23(25-10-4-6-18-16-26-20-8-3-2-7-19(18)20)27-17-21(22-9-5-15-30-22)28-11-13-29-14-12-28;/h2-3,5,7-9,15-16,21,26H,4,6,10-14,17H2,1H3,(H2,24,25,27);1H. The highest BCUT2D eigenvalue weighted by atomic mass is 127. The number of halogens is 1. The number of aliphatic imine (C=N–C) groups is 1. The third-order valence-corrected chi connectivity index (χ3v) is 6.61. The summed E-state index contributed by atoms with van der Waals surface area (Å²) in [5.41, 5.74) is 2.58. The van der Waals surface area contributed by atoms with Gasteiger partial charge in [-0.3, -0.25) is 9.89 Å². The van der Waals surface area contributed by atoms with E-state index in [2.05, 4.69) is 73.5 Å². The van der Waals surface area contributed by atoms with Gasteiger partial charge in [-0.05, 0) is 35.9 Å². The van der Waals surface area contributed by atoms with Gasteiger partial charge in [0.05, 0.1) is 19.3 Å². The smallest absolute Gasteiger partial charge is 0.191 e. The second-order valence-electron chi connectivity index (χ2n) is 7.52. The third-order valence-electron chi connectivity index (χ3n) is 5.63. The molecule has 0 spiro atoms. The van der Waals surface area contributed by atoms with E-state index < -0.39 is 0 Å². The van der Waals surface area contributed by atoms with Crippen LogP contribution in [0, 0.1) is 0 Å². The van der Waals surface area contributed by atoms with Crippen molar-refractivity contribution >= 4 is 52.2 Å². The molecule has 1 aliphatic rings. The monoisotopic (exact) mass is 553 g/mol. The van der Waals surface area contributed by atoms with E-state index in [4.69, 9.17) is 4.74 Å².